The van der Waals surface area contributed by atoms with E-state index >= 15 is 0 Å². The first-order valence-electron chi connectivity index (χ1n) is 15.3. The van der Waals surface area contributed by atoms with Gasteiger partial charge in [-0.3, -0.25) is 0 Å². The standard InChI is InChI=1S/C38H40N4O3/c1-38(2,3)34-23-16-30(17-24-34)26-45-35-8-6-5-7-31(35)18-13-28(10-9-27-11-21-33(22-12-27)37(43)44-4)25-29-14-19-32(20-15-29)36-39-41-42-40-36/h5-8,11-24,28H,9-10,25-26H2,1-4H3,(H,39,40,41,42). The highest BCUT2D eigenvalue weighted by Crippen LogP contribution is 2.26. The number of allylic oxidation sites excluding steroid dienone is 1. The number of H-pyrrole nitrogens is 1. The Morgan fingerprint density at radius 1 is 0.867 bits per heavy atom. The van der Waals surface area contributed by atoms with Gasteiger partial charge >= 0.3 is 5.97 Å². The van der Waals surface area contributed by atoms with E-state index < -0.39 is 0 Å². The van der Waals surface area contributed by atoms with Gasteiger partial charge in [0.2, 0.25) is 0 Å². The molecule has 5 rings (SSSR count). The van der Waals surface area contributed by atoms with Gasteiger partial charge in [-0.05, 0) is 81.5 Å². The number of aromatic nitrogens is 4. The van der Waals surface area contributed by atoms with Gasteiger partial charge in [-0.2, -0.15) is 0 Å². The lowest BCUT2D eigenvalue weighted by Crippen LogP contribution is -2.10. The van der Waals surface area contributed by atoms with Crippen LogP contribution in [-0.4, -0.2) is 33.7 Å². The lowest BCUT2D eigenvalue weighted by Gasteiger charge is -2.19. The Morgan fingerprint density at radius 2 is 1.56 bits per heavy atom. The summed E-state index contributed by atoms with van der Waals surface area (Å²) in [4.78, 5) is 11.9. The van der Waals surface area contributed by atoms with Crippen LogP contribution >= 0.6 is 0 Å². The van der Waals surface area contributed by atoms with Crippen LogP contribution < -0.4 is 4.74 Å². The van der Waals surface area contributed by atoms with Gasteiger partial charge < -0.3 is 9.47 Å². The Hall–Kier alpha value is -5.04. The van der Waals surface area contributed by atoms with Crippen molar-refractivity contribution in [1.29, 1.82) is 0 Å². The summed E-state index contributed by atoms with van der Waals surface area (Å²) in [6, 6.07) is 32.9. The van der Waals surface area contributed by atoms with Crippen LogP contribution in [0.5, 0.6) is 5.75 Å². The number of ether oxygens (including phenoxy) is 2. The van der Waals surface area contributed by atoms with Crippen LogP contribution in [0.3, 0.4) is 0 Å². The van der Waals surface area contributed by atoms with E-state index in [1.165, 1.54) is 23.8 Å². The van der Waals surface area contributed by atoms with E-state index in [1.807, 2.05) is 54.6 Å². The van der Waals surface area contributed by atoms with Crippen LogP contribution in [0.15, 0.2) is 103 Å². The molecule has 1 heterocycles. The van der Waals surface area contributed by atoms with Gasteiger partial charge in [0.25, 0.3) is 0 Å². The number of benzene rings is 4. The number of tetrazole rings is 1. The minimum atomic E-state index is -0.324. The number of nitrogens with zero attached hydrogens (tertiary/aromatic N) is 3. The fraction of sp³-hybridized carbons (Fsp3) is 0.263. The van der Waals surface area contributed by atoms with Gasteiger partial charge in [0, 0.05) is 11.1 Å². The van der Waals surface area contributed by atoms with Gasteiger partial charge in [0.15, 0.2) is 5.82 Å². The third-order valence-electron chi connectivity index (χ3n) is 7.93. The summed E-state index contributed by atoms with van der Waals surface area (Å²) in [6.07, 6.45) is 7.15. The number of methoxy groups -OCH3 is 1. The first-order chi connectivity index (χ1) is 21.8. The summed E-state index contributed by atoms with van der Waals surface area (Å²) in [7, 11) is 1.40. The predicted octanol–water partition coefficient (Wildman–Crippen LogP) is 8.03. The molecule has 45 heavy (non-hydrogen) atoms. The Morgan fingerprint density at radius 3 is 2.22 bits per heavy atom. The molecule has 7 heteroatoms. The van der Waals surface area contributed by atoms with Gasteiger partial charge in [-0.1, -0.05) is 112 Å². The lowest BCUT2D eigenvalue weighted by atomic mass is 9.87. The lowest BCUT2D eigenvalue weighted by molar-refractivity contribution is 0.0600. The van der Waals surface area contributed by atoms with E-state index in [0.29, 0.717) is 18.0 Å². The summed E-state index contributed by atoms with van der Waals surface area (Å²) in [6.45, 7) is 7.18. The molecule has 1 N–H and O–H groups in total. The third-order valence-corrected chi connectivity index (χ3v) is 7.93. The molecule has 4 aromatic carbocycles. The first kappa shape index (κ1) is 31.4. The SMILES string of the molecule is COC(=O)c1ccc(CCC(C=Cc2ccccc2OCc2ccc(C(C)(C)C)cc2)Cc2ccc(-c3nnn[nH]3)cc2)cc1. The van der Waals surface area contributed by atoms with Crippen LogP contribution in [0.2, 0.25) is 0 Å². The predicted molar refractivity (Wildman–Crippen MR) is 178 cm³/mol. The molecule has 1 aromatic heterocycles. The zero-order valence-electron chi connectivity index (χ0n) is 26.4. The van der Waals surface area contributed by atoms with E-state index in [4.69, 9.17) is 9.47 Å². The van der Waals surface area contributed by atoms with Crippen LogP contribution in [0.25, 0.3) is 17.5 Å². The molecule has 7 nitrogen and oxygen atoms in total. The zero-order chi connectivity index (χ0) is 31.6. The highest BCUT2D eigenvalue weighted by Gasteiger charge is 2.14. The van der Waals surface area contributed by atoms with Crippen molar-refractivity contribution >= 4 is 12.0 Å². The topological polar surface area (TPSA) is 90.0 Å². The molecule has 1 unspecified atom stereocenters. The van der Waals surface area contributed by atoms with E-state index in [-0.39, 0.29) is 17.3 Å². The minimum Gasteiger partial charge on any atom is -0.488 e. The number of carbonyl (C=O) groups is 1. The highest BCUT2D eigenvalue weighted by atomic mass is 16.5. The number of nitrogens with one attached hydrogen (secondary N) is 1. The molecule has 0 radical (unpaired) electrons. The van der Waals surface area contributed by atoms with Crippen molar-refractivity contribution in [3.8, 4) is 17.1 Å². The quantitative estimate of drug-likeness (QED) is 0.146. The molecule has 0 aliphatic carbocycles. The van der Waals surface area contributed by atoms with Gasteiger partial charge in [-0.25, -0.2) is 9.89 Å². The number of hydrogen-bond acceptors (Lipinski definition) is 6. The van der Waals surface area contributed by atoms with Crippen LogP contribution in [-0.2, 0) is 29.6 Å². The van der Waals surface area contributed by atoms with Crippen molar-refractivity contribution in [2.45, 2.75) is 52.1 Å². The molecule has 0 saturated heterocycles. The second kappa shape index (κ2) is 14.6. The largest absolute Gasteiger partial charge is 0.488 e. The summed E-state index contributed by atoms with van der Waals surface area (Å²) in [5.74, 6) is 1.45. The van der Waals surface area contributed by atoms with Crippen LogP contribution in [0.1, 0.15) is 65.4 Å². The smallest absolute Gasteiger partial charge is 0.337 e. The number of aryl methyl sites for hydroxylation is 1. The molecule has 0 saturated carbocycles. The van der Waals surface area contributed by atoms with Crippen molar-refractivity contribution in [3.63, 3.8) is 0 Å². The van der Waals surface area contributed by atoms with Gasteiger partial charge in [0.1, 0.15) is 12.4 Å². The van der Waals surface area contributed by atoms with Crippen molar-refractivity contribution in [3.05, 3.63) is 137 Å². The molecule has 0 aliphatic heterocycles. The van der Waals surface area contributed by atoms with Gasteiger partial charge in [-0.15, -0.1) is 5.10 Å². The zero-order valence-corrected chi connectivity index (χ0v) is 26.4. The molecule has 0 bridgehead atoms. The second-order valence-electron chi connectivity index (χ2n) is 12.3. The Labute approximate surface area is 265 Å². The monoisotopic (exact) mass is 600 g/mol. The normalized spacial score (nSPS) is 12.3. The maximum atomic E-state index is 11.9. The molecule has 1 atom stereocenters. The van der Waals surface area contributed by atoms with Crippen LogP contribution in [0, 0.1) is 5.92 Å². The summed E-state index contributed by atoms with van der Waals surface area (Å²) < 4.78 is 11.2. The first-order valence-corrected chi connectivity index (χ1v) is 15.3. The third kappa shape index (κ3) is 8.76. The van der Waals surface area contributed by atoms with E-state index in [0.717, 1.165) is 41.7 Å². The molecule has 5 aromatic rings. The number of rotatable bonds is 12. The maximum Gasteiger partial charge on any atom is 0.337 e. The second-order valence-corrected chi connectivity index (χ2v) is 12.3. The van der Waals surface area contributed by atoms with E-state index in [9.17, 15) is 4.79 Å². The average Bonchev–Trinajstić information content (AvgIpc) is 3.61. The van der Waals surface area contributed by atoms with E-state index in [2.05, 4.69) is 96.0 Å². The summed E-state index contributed by atoms with van der Waals surface area (Å²) in [5, 5.41) is 14.2. The number of hydrogen-bond donors (Lipinski definition) is 1. The molecular formula is C38H40N4O3. The minimum absolute atomic E-state index is 0.121. The summed E-state index contributed by atoms with van der Waals surface area (Å²) in [5.41, 5.74) is 7.52. The van der Waals surface area contributed by atoms with Crippen LogP contribution in [0.4, 0.5) is 0 Å². The maximum absolute atomic E-state index is 11.9. The number of esters is 1. The molecule has 230 valence electrons. The molecule has 0 aliphatic rings. The van der Waals surface area contributed by atoms with Gasteiger partial charge in [0.05, 0.1) is 12.7 Å². The highest BCUT2D eigenvalue weighted by molar-refractivity contribution is 5.89. The molecular weight excluding hydrogens is 560 g/mol. The fourth-order valence-electron chi connectivity index (χ4n) is 5.18. The van der Waals surface area contributed by atoms with E-state index in [1.54, 1.807) is 0 Å². The number of carbonyl (C=O) groups excluding carboxylic acids is 1. The summed E-state index contributed by atoms with van der Waals surface area (Å²) >= 11 is 0. The molecule has 0 spiro atoms. The van der Waals surface area contributed by atoms with Crippen molar-refractivity contribution in [2.75, 3.05) is 7.11 Å². The Balaban J connectivity index is 1.30. The molecule has 0 fully saturated rings. The number of para-hydroxylation sites is 1. The Kier molecular flexibility index (Phi) is 10.2. The Bertz CT molecular complexity index is 1690. The average molecular weight is 601 g/mol. The number of aromatic amines is 1. The fourth-order valence-corrected chi connectivity index (χ4v) is 5.18. The molecule has 0 amide bonds. The van der Waals surface area contributed by atoms with Crippen molar-refractivity contribution in [2.24, 2.45) is 5.92 Å². The van der Waals surface area contributed by atoms with Crippen molar-refractivity contribution in [1.82, 2.24) is 20.6 Å². The van der Waals surface area contributed by atoms with Crippen molar-refractivity contribution < 1.29 is 14.3 Å².